The van der Waals surface area contributed by atoms with Gasteiger partial charge in [0.1, 0.15) is 23.1 Å². The van der Waals surface area contributed by atoms with E-state index < -0.39 is 11.6 Å². The van der Waals surface area contributed by atoms with E-state index in [1.807, 2.05) is 30.3 Å². The van der Waals surface area contributed by atoms with E-state index in [0.717, 1.165) is 11.1 Å². The summed E-state index contributed by atoms with van der Waals surface area (Å²) in [5, 5.41) is 10.7. The van der Waals surface area contributed by atoms with Crippen molar-refractivity contribution >= 4 is 5.91 Å². The number of nitrogens with two attached hydrogens (primary N) is 1. The summed E-state index contributed by atoms with van der Waals surface area (Å²) in [7, 11) is 3.12. The highest BCUT2D eigenvalue weighted by molar-refractivity contribution is 5.87. The molecule has 0 saturated heterocycles. The fraction of sp³-hybridized carbons (Fsp3) is 0.350. The standard InChI is InChI=1S/C20H24N2O4/c1-20(21,13-7-5-4-6-8-13)19(24)22-11-14-16(25-2)9-10-17(26-3)18(14)15(23)12-22/h4-10,15,23H,11-12,21H2,1-3H3. The largest absolute Gasteiger partial charge is 0.496 e. The molecule has 6 nitrogen and oxygen atoms in total. The Kier molecular flexibility index (Phi) is 4.89. The molecule has 0 spiro atoms. The Hall–Kier alpha value is -2.57. The van der Waals surface area contributed by atoms with Gasteiger partial charge in [0.05, 0.1) is 20.8 Å². The van der Waals surface area contributed by atoms with Crippen molar-refractivity contribution in [3.05, 3.63) is 59.2 Å². The number of rotatable bonds is 4. The highest BCUT2D eigenvalue weighted by atomic mass is 16.5. The van der Waals surface area contributed by atoms with Crippen LogP contribution in [-0.2, 0) is 16.9 Å². The number of benzene rings is 2. The molecule has 2 aromatic rings. The number of nitrogens with zero attached hydrogens (tertiary/aromatic N) is 1. The average molecular weight is 356 g/mol. The quantitative estimate of drug-likeness (QED) is 0.875. The van der Waals surface area contributed by atoms with Crippen LogP contribution in [0.1, 0.15) is 29.7 Å². The minimum atomic E-state index is -1.19. The van der Waals surface area contributed by atoms with Crippen LogP contribution in [0.25, 0.3) is 0 Å². The van der Waals surface area contributed by atoms with Crippen molar-refractivity contribution in [1.29, 1.82) is 0 Å². The van der Waals surface area contributed by atoms with Crippen molar-refractivity contribution in [2.75, 3.05) is 20.8 Å². The Morgan fingerprint density at radius 2 is 1.77 bits per heavy atom. The van der Waals surface area contributed by atoms with E-state index in [1.165, 1.54) is 0 Å². The van der Waals surface area contributed by atoms with E-state index in [1.54, 1.807) is 38.2 Å². The first-order valence-electron chi connectivity index (χ1n) is 8.45. The lowest BCUT2D eigenvalue weighted by Gasteiger charge is -2.38. The van der Waals surface area contributed by atoms with Crippen LogP contribution in [0.4, 0.5) is 0 Å². The first kappa shape index (κ1) is 18.2. The molecule has 138 valence electrons. The van der Waals surface area contributed by atoms with Crippen LogP contribution in [0.5, 0.6) is 11.5 Å². The maximum absolute atomic E-state index is 13.1. The Bertz CT molecular complexity index is 805. The molecule has 6 heteroatoms. The zero-order chi connectivity index (χ0) is 18.9. The van der Waals surface area contributed by atoms with Crippen molar-refractivity contribution in [3.63, 3.8) is 0 Å². The summed E-state index contributed by atoms with van der Waals surface area (Å²) in [5.74, 6) is 0.938. The van der Waals surface area contributed by atoms with Gasteiger partial charge < -0.3 is 25.2 Å². The number of methoxy groups -OCH3 is 2. The van der Waals surface area contributed by atoms with Crippen molar-refractivity contribution in [3.8, 4) is 11.5 Å². The van der Waals surface area contributed by atoms with Gasteiger partial charge in [0.25, 0.3) is 0 Å². The third kappa shape index (κ3) is 3.02. The van der Waals surface area contributed by atoms with Gasteiger partial charge in [0.15, 0.2) is 0 Å². The molecule has 2 atom stereocenters. The van der Waals surface area contributed by atoms with Gasteiger partial charge in [0.2, 0.25) is 5.91 Å². The average Bonchev–Trinajstić information content (AvgIpc) is 2.66. The number of carbonyl (C=O) groups is 1. The molecule has 1 aliphatic heterocycles. The molecule has 0 aliphatic carbocycles. The number of β-amino-alcohol motifs (C(OH)–C–C–N with tert-alkyl or cyclic N) is 1. The SMILES string of the molecule is COc1ccc(OC)c2c1CN(C(=O)C(C)(N)c1ccccc1)CC2O. The molecule has 0 aromatic heterocycles. The topological polar surface area (TPSA) is 85.0 Å². The van der Waals surface area contributed by atoms with Crippen LogP contribution in [-0.4, -0.2) is 36.7 Å². The van der Waals surface area contributed by atoms with Crippen molar-refractivity contribution in [2.24, 2.45) is 5.73 Å². The van der Waals surface area contributed by atoms with Crippen LogP contribution in [0.15, 0.2) is 42.5 Å². The van der Waals surface area contributed by atoms with Gasteiger partial charge in [-0.25, -0.2) is 0 Å². The predicted octanol–water partition coefficient (Wildman–Crippen LogP) is 1.95. The fourth-order valence-corrected chi connectivity index (χ4v) is 3.47. The molecule has 0 bridgehead atoms. The zero-order valence-electron chi connectivity index (χ0n) is 15.2. The van der Waals surface area contributed by atoms with Gasteiger partial charge in [-0.05, 0) is 24.6 Å². The van der Waals surface area contributed by atoms with Crippen LogP contribution < -0.4 is 15.2 Å². The van der Waals surface area contributed by atoms with Gasteiger partial charge in [-0.3, -0.25) is 4.79 Å². The third-order valence-electron chi connectivity index (χ3n) is 4.89. The highest BCUT2D eigenvalue weighted by Gasteiger charge is 2.39. The molecular weight excluding hydrogens is 332 g/mol. The van der Waals surface area contributed by atoms with Crippen molar-refractivity contribution in [2.45, 2.75) is 25.1 Å². The summed E-state index contributed by atoms with van der Waals surface area (Å²) in [6, 6.07) is 12.8. The summed E-state index contributed by atoms with van der Waals surface area (Å²) in [4.78, 5) is 14.7. The van der Waals surface area contributed by atoms with E-state index in [9.17, 15) is 9.90 Å². The molecule has 1 heterocycles. The lowest BCUT2D eigenvalue weighted by atomic mass is 9.89. The van der Waals surface area contributed by atoms with Gasteiger partial charge >= 0.3 is 0 Å². The molecule has 3 N–H and O–H groups in total. The van der Waals surface area contributed by atoms with Crippen LogP contribution in [0.3, 0.4) is 0 Å². The molecule has 1 aliphatic rings. The molecule has 26 heavy (non-hydrogen) atoms. The molecule has 2 unspecified atom stereocenters. The smallest absolute Gasteiger partial charge is 0.247 e. The van der Waals surface area contributed by atoms with Gasteiger partial charge in [-0.15, -0.1) is 0 Å². The van der Waals surface area contributed by atoms with E-state index in [2.05, 4.69) is 0 Å². The molecule has 0 radical (unpaired) electrons. The Balaban J connectivity index is 1.97. The minimum Gasteiger partial charge on any atom is -0.496 e. The van der Waals surface area contributed by atoms with E-state index in [-0.39, 0.29) is 12.5 Å². The number of hydrogen-bond acceptors (Lipinski definition) is 5. The lowest BCUT2D eigenvalue weighted by Crippen LogP contribution is -2.52. The number of hydrogen-bond donors (Lipinski definition) is 2. The summed E-state index contributed by atoms with van der Waals surface area (Å²) >= 11 is 0. The van der Waals surface area contributed by atoms with E-state index in [0.29, 0.717) is 23.6 Å². The van der Waals surface area contributed by atoms with Gasteiger partial charge in [-0.1, -0.05) is 30.3 Å². The van der Waals surface area contributed by atoms with Crippen LogP contribution >= 0.6 is 0 Å². The van der Waals surface area contributed by atoms with Gasteiger partial charge in [-0.2, -0.15) is 0 Å². The Labute approximate surface area is 153 Å². The number of aliphatic hydroxyl groups is 1. The molecule has 0 fully saturated rings. The molecular formula is C20H24N2O4. The second-order valence-corrected chi connectivity index (χ2v) is 6.63. The van der Waals surface area contributed by atoms with Gasteiger partial charge in [0, 0.05) is 17.7 Å². The minimum absolute atomic E-state index is 0.148. The maximum atomic E-state index is 13.1. The fourth-order valence-electron chi connectivity index (χ4n) is 3.47. The first-order chi connectivity index (χ1) is 12.4. The molecule has 2 aromatic carbocycles. The summed E-state index contributed by atoms with van der Waals surface area (Å²) < 4.78 is 10.8. The second-order valence-electron chi connectivity index (χ2n) is 6.63. The molecule has 0 saturated carbocycles. The Morgan fingerprint density at radius 3 is 2.38 bits per heavy atom. The second kappa shape index (κ2) is 6.97. The first-order valence-corrected chi connectivity index (χ1v) is 8.45. The number of amides is 1. The zero-order valence-corrected chi connectivity index (χ0v) is 15.2. The van der Waals surface area contributed by atoms with E-state index in [4.69, 9.17) is 15.2 Å². The van der Waals surface area contributed by atoms with Crippen LogP contribution in [0.2, 0.25) is 0 Å². The third-order valence-corrected chi connectivity index (χ3v) is 4.89. The molecule has 1 amide bonds. The van der Waals surface area contributed by atoms with Crippen LogP contribution in [0, 0.1) is 0 Å². The summed E-state index contributed by atoms with van der Waals surface area (Å²) in [6.07, 6.45) is -0.876. The number of fused-ring (bicyclic) bond motifs is 1. The summed E-state index contributed by atoms with van der Waals surface area (Å²) in [6.45, 7) is 2.13. The lowest BCUT2D eigenvalue weighted by molar-refractivity contribution is -0.139. The number of carbonyl (C=O) groups excluding carboxylic acids is 1. The normalized spacial score (nSPS) is 18.7. The highest BCUT2D eigenvalue weighted by Crippen LogP contribution is 2.40. The predicted molar refractivity (Wildman–Crippen MR) is 97.9 cm³/mol. The monoisotopic (exact) mass is 356 g/mol. The van der Waals surface area contributed by atoms with Crippen molar-refractivity contribution < 1.29 is 19.4 Å². The van der Waals surface area contributed by atoms with E-state index >= 15 is 0 Å². The summed E-state index contributed by atoms with van der Waals surface area (Å²) in [5.41, 5.74) is 7.31. The maximum Gasteiger partial charge on any atom is 0.247 e. The Morgan fingerprint density at radius 1 is 1.15 bits per heavy atom. The van der Waals surface area contributed by atoms with Crippen molar-refractivity contribution in [1.82, 2.24) is 4.90 Å². The number of aliphatic hydroxyl groups excluding tert-OH is 1. The molecule has 3 rings (SSSR count). The number of ether oxygens (including phenoxy) is 2.